The maximum Gasteiger partial charge on any atom is 0.251 e. The first-order valence-electron chi connectivity index (χ1n) is 25.2. The average Bonchev–Trinajstić information content (AvgIpc) is 3.36. The molecule has 0 spiro atoms. The van der Waals surface area contributed by atoms with Crippen LogP contribution in [0.1, 0.15) is 129 Å². The second-order valence-corrected chi connectivity index (χ2v) is 21.1. The van der Waals surface area contributed by atoms with Crippen molar-refractivity contribution in [1.82, 2.24) is 10.6 Å². The first-order valence-corrected chi connectivity index (χ1v) is 30.2. The highest BCUT2D eigenvalue weighted by molar-refractivity contribution is 8.77. The van der Waals surface area contributed by atoms with Crippen LogP contribution in [0, 0.1) is 0 Å². The Morgan fingerprint density at radius 3 is 1.27 bits per heavy atom. The molecule has 0 aromatic rings. The number of hydrogen-bond donors (Lipinski definition) is 8. The lowest BCUT2D eigenvalue weighted by atomic mass is 10.0. The van der Waals surface area contributed by atoms with Gasteiger partial charge in [-0.25, -0.2) is 0 Å². The van der Waals surface area contributed by atoms with Crippen LogP contribution in [-0.2, 0) is 14.4 Å². The molecule has 0 saturated heterocycles. The first kappa shape index (κ1) is 69.2. The molecular weight excluding hydrogens is 959 g/mol. The van der Waals surface area contributed by atoms with Gasteiger partial charge in [-0.2, -0.15) is 0 Å². The summed E-state index contributed by atoms with van der Waals surface area (Å²) >= 11 is 0. The van der Waals surface area contributed by atoms with E-state index in [1.807, 2.05) is 0 Å². The second kappa shape index (κ2) is 57.1. The summed E-state index contributed by atoms with van der Waals surface area (Å²) in [5, 5.41) is 52.4. The number of allylic oxidation sites excluding steroid dienone is 20. The fourth-order valence-corrected chi connectivity index (χ4v) is 9.35. The predicted octanol–water partition coefficient (Wildman–Crippen LogP) is 10.6. The molecule has 4 atom stereocenters. The van der Waals surface area contributed by atoms with Gasteiger partial charge >= 0.3 is 0 Å². The van der Waals surface area contributed by atoms with Crippen molar-refractivity contribution in [1.29, 1.82) is 0 Å². The molecule has 0 aliphatic rings. The van der Waals surface area contributed by atoms with E-state index in [1.165, 1.54) is 10.8 Å². The summed E-state index contributed by atoms with van der Waals surface area (Å²) in [5.41, 5.74) is 5.43. The number of Topliss-reactive ketones (excluding diaryl/α,β-unsaturated/α-hetero) is 1. The van der Waals surface area contributed by atoms with Crippen molar-refractivity contribution in [2.75, 3.05) is 49.3 Å². The molecule has 398 valence electrons. The van der Waals surface area contributed by atoms with E-state index in [-0.39, 0.29) is 18.2 Å². The molecule has 0 bridgehead atoms. The normalized spacial score (nSPS) is 14.2. The highest BCUT2D eigenvalue weighted by atomic mass is 33.1. The standard InChI is InChI=1S/C31H51NO7S2.C24H40N2OS2/c1-2-3-4-5-6-7-8-9-10-11-12-13-14-15-16-17-18-20-26(34)21-19-23-40-41-24-22-32-31(39)30(38)29(37)28(36)27(35)25-33;1-2-3-4-5-6-7-8-9-10-11-12-13-14-15-16-17-18-19-24(27)26-21-23-29-28-22-20-25/h3-4,6-7,9-10,12-13,15-16,27-30,33,35-38H,2,5,8,11,14,17-25H2,1H3,(H,32,39);3-4,6-7,9-10,12-13,15-16H,2,5,8,11,14,17-23,25H2,1H3,(H,26,27)/b2*4-3-,7-6-,10-9-,13-12-,16-15-/t27-,28-,29+,30-;/m1./s1. The first-order chi connectivity index (χ1) is 34.2. The van der Waals surface area contributed by atoms with Crippen LogP contribution < -0.4 is 16.4 Å². The van der Waals surface area contributed by atoms with Gasteiger partial charge in [-0.05, 0) is 96.3 Å². The number of unbranched alkanes of at least 4 members (excludes halogenated alkanes) is 2. The number of carbonyl (C=O) groups is 3. The molecule has 0 radical (unpaired) electrons. The SMILES string of the molecule is CC/C=C\C/C=C\C/C=C\C/C=C\C/C=C\CCCC(=O)CCCSSCCNC(=O)[C@H](O)[C@@H](O)[C@H](O)[C@H](O)CO.CC/C=C\C/C=C\C/C=C\C/C=C\C/C=C\CCCC(=O)NCCSSCCN. The summed E-state index contributed by atoms with van der Waals surface area (Å²) in [4.78, 5) is 35.6. The quantitative estimate of drug-likeness (QED) is 0.0163. The molecule has 0 fully saturated rings. The highest BCUT2D eigenvalue weighted by Gasteiger charge is 2.33. The van der Waals surface area contributed by atoms with E-state index in [9.17, 15) is 34.8 Å². The smallest absolute Gasteiger partial charge is 0.251 e. The minimum atomic E-state index is -1.92. The Morgan fingerprint density at radius 1 is 0.471 bits per heavy atom. The van der Waals surface area contributed by atoms with Crippen molar-refractivity contribution in [3.63, 3.8) is 0 Å². The van der Waals surface area contributed by atoms with Gasteiger partial charge in [0.1, 0.15) is 24.1 Å². The van der Waals surface area contributed by atoms with Gasteiger partial charge in [0.05, 0.1) is 6.61 Å². The van der Waals surface area contributed by atoms with Gasteiger partial charge in [0.15, 0.2) is 6.10 Å². The second-order valence-electron chi connectivity index (χ2n) is 15.7. The molecule has 0 unspecified atom stereocenters. The topological polar surface area (TPSA) is 202 Å². The van der Waals surface area contributed by atoms with Gasteiger partial charge in [0.25, 0.3) is 5.91 Å². The fraction of sp³-hybridized carbons (Fsp3) is 0.582. The molecule has 11 nitrogen and oxygen atoms in total. The van der Waals surface area contributed by atoms with Crippen LogP contribution in [0.15, 0.2) is 122 Å². The van der Waals surface area contributed by atoms with Crippen LogP contribution >= 0.6 is 43.2 Å². The lowest BCUT2D eigenvalue weighted by Gasteiger charge is -2.24. The minimum Gasteiger partial charge on any atom is -0.394 e. The fourth-order valence-electron chi connectivity index (χ4n) is 5.59. The summed E-state index contributed by atoms with van der Waals surface area (Å²) in [6, 6.07) is 0. The van der Waals surface area contributed by atoms with E-state index in [1.54, 1.807) is 32.4 Å². The van der Waals surface area contributed by atoms with Crippen LogP contribution in [0.5, 0.6) is 0 Å². The summed E-state index contributed by atoms with van der Waals surface area (Å²) < 4.78 is 0. The zero-order chi connectivity index (χ0) is 51.8. The van der Waals surface area contributed by atoms with Gasteiger partial charge in [0.2, 0.25) is 5.91 Å². The van der Waals surface area contributed by atoms with Crippen molar-refractivity contribution in [2.24, 2.45) is 5.73 Å². The Hall–Kier alpha value is -2.83. The van der Waals surface area contributed by atoms with Crippen LogP contribution in [0.2, 0.25) is 0 Å². The third-order valence-corrected chi connectivity index (χ3v) is 14.4. The zero-order valence-corrected chi connectivity index (χ0v) is 45.7. The number of nitrogens with one attached hydrogen (secondary N) is 2. The molecular formula is C55H91N3O8S4. The molecule has 2 amide bonds. The summed E-state index contributed by atoms with van der Waals surface area (Å²) in [6.45, 7) is 5.17. The van der Waals surface area contributed by atoms with Crippen molar-refractivity contribution < 1.29 is 39.9 Å². The molecule has 0 aromatic carbocycles. The van der Waals surface area contributed by atoms with Crippen LogP contribution in [0.25, 0.3) is 0 Å². The summed E-state index contributed by atoms with van der Waals surface area (Å²) in [7, 11) is 6.65. The van der Waals surface area contributed by atoms with Gasteiger partial charge in [-0.1, -0.05) is 179 Å². The number of rotatable bonds is 45. The Labute approximate surface area is 439 Å². The van der Waals surface area contributed by atoms with E-state index >= 15 is 0 Å². The van der Waals surface area contributed by atoms with Crippen molar-refractivity contribution in [3.8, 4) is 0 Å². The number of ketones is 1. The number of carbonyl (C=O) groups excluding carboxylic acids is 3. The molecule has 0 saturated carbocycles. The maximum atomic E-state index is 12.0. The van der Waals surface area contributed by atoms with Crippen LogP contribution in [0.4, 0.5) is 0 Å². The van der Waals surface area contributed by atoms with E-state index in [0.717, 1.165) is 120 Å². The van der Waals surface area contributed by atoms with Gasteiger partial charge < -0.3 is 41.9 Å². The Morgan fingerprint density at radius 2 is 0.843 bits per heavy atom. The van der Waals surface area contributed by atoms with E-state index < -0.39 is 36.9 Å². The molecule has 70 heavy (non-hydrogen) atoms. The number of aliphatic hydroxyl groups excluding tert-OH is 5. The third kappa shape index (κ3) is 51.5. The van der Waals surface area contributed by atoms with Gasteiger partial charge in [0, 0.05) is 61.9 Å². The summed E-state index contributed by atoms with van der Waals surface area (Å²) in [5.74, 6) is 2.82. The number of nitrogens with two attached hydrogens (primary N) is 1. The van der Waals surface area contributed by atoms with Crippen molar-refractivity contribution in [2.45, 2.75) is 154 Å². The van der Waals surface area contributed by atoms with Crippen molar-refractivity contribution >= 4 is 60.8 Å². The molecule has 0 aromatic heterocycles. The lowest BCUT2D eigenvalue weighted by Crippen LogP contribution is -2.51. The van der Waals surface area contributed by atoms with Crippen LogP contribution in [0.3, 0.4) is 0 Å². The Bertz CT molecular complexity index is 1550. The highest BCUT2D eigenvalue weighted by Crippen LogP contribution is 2.22. The van der Waals surface area contributed by atoms with Crippen molar-refractivity contribution in [3.05, 3.63) is 122 Å². The maximum absolute atomic E-state index is 12.0. The summed E-state index contributed by atoms with van der Waals surface area (Å²) in [6.07, 6.45) is 52.6. The molecule has 15 heteroatoms. The molecule has 0 heterocycles. The van der Waals surface area contributed by atoms with E-state index in [0.29, 0.717) is 31.6 Å². The molecule has 0 aliphatic carbocycles. The number of aliphatic hydroxyl groups is 5. The van der Waals surface area contributed by atoms with E-state index in [4.69, 9.17) is 10.8 Å². The molecule has 0 aliphatic heterocycles. The van der Waals surface area contributed by atoms with E-state index in [2.05, 4.69) is 146 Å². The van der Waals surface area contributed by atoms with Gasteiger partial charge in [-0.15, -0.1) is 0 Å². The number of hydrogen-bond acceptors (Lipinski definition) is 13. The molecule has 0 rings (SSSR count). The monoisotopic (exact) mass is 1050 g/mol. The average molecular weight is 1050 g/mol. The largest absolute Gasteiger partial charge is 0.394 e. The zero-order valence-electron chi connectivity index (χ0n) is 42.4. The van der Waals surface area contributed by atoms with Crippen LogP contribution in [-0.4, -0.2) is 117 Å². The Balaban J connectivity index is 0. The Kier molecular flexibility index (Phi) is 56.5. The van der Waals surface area contributed by atoms with Gasteiger partial charge in [-0.3, -0.25) is 14.4 Å². The minimum absolute atomic E-state index is 0.154. The number of amides is 2. The lowest BCUT2D eigenvalue weighted by molar-refractivity contribution is -0.148. The predicted molar refractivity (Wildman–Crippen MR) is 307 cm³/mol. The third-order valence-electron chi connectivity index (χ3n) is 9.48. The molecule has 9 N–H and O–H groups in total.